The average Bonchev–Trinajstić information content (AvgIpc) is 3.02. The summed E-state index contributed by atoms with van der Waals surface area (Å²) in [5, 5.41) is 1.59. The fraction of sp³-hybridized carbons (Fsp3) is 0.273. The Bertz CT molecular complexity index is 883. The van der Waals surface area contributed by atoms with Crippen LogP contribution in [0.2, 0.25) is 0 Å². The molecule has 0 aliphatic carbocycles. The number of nitrogens with zero attached hydrogens (tertiary/aromatic N) is 2. The topological polar surface area (TPSA) is 32.5 Å². The van der Waals surface area contributed by atoms with Crippen molar-refractivity contribution in [2.75, 3.05) is 17.0 Å². The van der Waals surface area contributed by atoms with E-state index >= 15 is 0 Å². The average molecular weight is 398 g/mol. The molecule has 2 aromatic carbocycles. The van der Waals surface area contributed by atoms with Crippen molar-refractivity contribution in [3.8, 4) is 0 Å². The Morgan fingerprint density at radius 2 is 1.22 bits per heavy atom. The Labute approximate surface area is 173 Å². The third-order valence-electron chi connectivity index (χ3n) is 4.67. The molecule has 2 aromatic rings. The van der Waals surface area contributed by atoms with E-state index in [2.05, 4.69) is 48.2 Å². The molecule has 142 valence electrons. The van der Waals surface area contributed by atoms with Crippen LogP contribution >= 0.6 is 24.4 Å². The molecule has 0 saturated heterocycles. The van der Waals surface area contributed by atoms with Crippen LogP contribution in [0.25, 0.3) is 11.1 Å². The molecule has 5 heteroatoms. The predicted molar refractivity (Wildman–Crippen MR) is 128 cm³/mol. The van der Waals surface area contributed by atoms with Crippen molar-refractivity contribution in [3.63, 3.8) is 0 Å². The SMILES string of the molecule is C.CC.Cc1ccc2c(c1)N(C)C(=S)/C2=C1/C(=S)N(N)c2cc(C)ccc21. The van der Waals surface area contributed by atoms with Gasteiger partial charge in [0.05, 0.1) is 5.69 Å². The van der Waals surface area contributed by atoms with Gasteiger partial charge in [-0.3, -0.25) is 5.01 Å². The second kappa shape index (κ2) is 7.89. The fourth-order valence-corrected chi connectivity index (χ4v) is 4.02. The number of likely N-dealkylation sites (N-methyl/N-ethyl adjacent to an activating group) is 1. The number of hydrazine groups is 1. The van der Waals surface area contributed by atoms with Gasteiger partial charge in [0.1, 0.15) is 9.98 Å². The summed E-state index contributed by atoms with van der Waals surface area (Å²) in [6.45, 7) is 8.14. The molecule has 0 saturated carbocycles. The Hall–Kier alpha value is -2.08. The van der Waals surface area contributed by atoms with Crippen LogP contribution in [0.3, 0.4) is 0 Å². The lowest BCUT2D eigenvalue weighted by Crippen LogP contribution is -2.32. The quantitative estimate of drug-likeness (QED) is 0.351. The Morgan fingerprint density at radius 3 is 1.78 bits per heavy atom. The van der Waals surface area contributed by atoms with Crippen molar-refractivity contribution in [1.29, 1.82) is 0 Å². The molecule has 2 aliphatic rings. The maximum absolute atomic E-state index is 6.24. The van der Waals surface area contributed by atoms with E-state index in [4.69, 9.17) is 30.3 Å². The monoisotopic (exact) mass is 397 g/mol. The summed E-state index contributed by atoms with van der Waals surface area (Å²) in [7, 11) is 2.00. The minimum atomic E-state index is 0. The Balaban J connectivity index is 0.000000844. The minimum absolute atomic E-state index is 0. The van der Waals surface area contributed by atoms with Gasteiger partial charge in [-0.05, 0) is 37.1 Å². The zero-order valence-corrected chi connectivity index (χ0v) is 17.4. The number of hydrogen-bond donors (Lipinski definition) is 1. The second-order valence-electron chi connectivity index (χ2n) is 6.33. The van der Waals surface area contributed by atoms with Gasteiger partial charge >= 0.3 is 0 Å². The van der Waals surface area contributed by atoms with Crippen LogP contribution in [0.5, 0.6) is 0 Å². The van der Waals surface area contributed by atoms with E-state index in [1.54, 1.807) is 5.01 Å². The summed E-state index contributed by atoms with van der Waals surface area (Å²) >= 11 is 11.4. The molecular formula is C22H27N3S2. The smallest absolute Gasteiger partial charge is 0.129 e. The van der Waals surface area contributed by atoms with Crippen LogP contribution in [0.1, 0.15) is 43.5 Å². The van der Waals surface area contributed by atoms with Crippen LogP contribution < -0.4 is 15.8 Å². The van der Waals surface area contributed by atoms with Crippen LogP contribution in [-0.2, 0) is 0 Å². The summed E-state index contributed by atoms with van der Waals surface area (Å²) in [4.78, 5) is 3.46. The largest absolute Gasteiger partial charge is 0.335 e. The lowest BCUT2D eigenvalue weighted by Gasteiger charge is -2.13. The molecule has 0 fully saturated rings. The Kier molecular flexibility index (Phi) is 6.20. The molecular weight excluding hydrogens is 370 g/mol. The number of hydrogen-bond acceptors (Lipinski definition) is 3. The summed E-state index contributed by atoms with van der Waals surface area (Å²) in [5.74, 6) is 6.24. The number of rotatable bonds is 0. The van der Waals surface area contributed by atoms with E-state index < -0.39 is 0 Å². The van der Waals surface area contributed by atoms with Gasteiger partial charge in [-0.25, -0.2) is 5.84 Å². The highest BCUT2D eigenvalue weighted by atomic mass is 32.1. The van der Waals surface area contributed by atoms with Gasteiger partial charge in [-0.1, -0.05) is 70.0 Å². The molecule has 0 unspecified atom stereocenters. The van der Waals surface area contributed by atoms with Crippen LogP contribution in [0.15, 0.2) is 36.4 Å². The second-order valence-corrected chi connectivity index (χ2v) is 7.10. The fourth-order valence-electron chi connectivity index (χ4n) is 3.40. The van der Waals surface area contributed by atoms with Crippen molar-refractivity contribution in [2.24, 2.45) is 5.84 Å². The number of fused-ring (bicyclic) bond motifs is 2. The van der Waals surface area contributed by atoms with Gasteiger partial charge in [0.2, 0.25) is 0 Å². The molecule has 3 nitrogen and oxygen atoms in total. The van der Waals surface area contributed by atoms with Crippen molar-refractivity contribution in [3.05, 3.63) is 58.7 Å². The van der Waals surface area contributed by atoms with Crippen LogP contribution in [0.4, 0.5) is 11.4 Å². The van der Waals surface area contributed by atoms with Crippen LogP contribution in [-0.4, -0.2) is 17.0 Å². The van der Waals surface area contributed by atoms with Gasteiger partial charge in [0.15, 0.2) is 0 Å². The molecule has 0 atom stereocenters. The molecule has 2 aliphatic heterocycles. The number of anilines is 2. The molecule has 2 N–H and O–H groups in total. The van der Waals surface area contributed by atoms with E-state index in [9.17, 15) is 0 Å². The standard InChI is InChI=1S/C19H17N3S2.C2H6.CH4/c1-10-4-6-12-14(8-10)21(3)18(23)16(12)17-13-7-5-11(2)9-15(13)22(20)19(17)24;1-2;/h4-9H,20H2,1-3H3;1-2H3;1H4/b17-16+;;. The zero-order chi connectivity index (χ0) is 19.2. The van der Waals surface area contributed by atoms with Crippen molar-refractivity contribution >= 4 is 56.9 Å². The molecule has 27 heavy (non-hydrogen) atoms. The first-order valence-electron chi connectivity index (χ1n) is 8.73. The first-order valence-corrected chi connectivity index (χ1v) is 9.55. The first-order chi connectivity index (χ1) is 12.4. The molecule has 0 radical (unpaired) electrons. The zero-order valence-electron chi connectivity index (χ0n) is 15.8. The third kappa shape index (κ3) is 3.20. The molecule has 2 heterocycles. The van der Waals surface area contributed by atoms with E-state index in [0.29, 0.717) is 4.99 Å². The maximum atomic E-state index is 6.24. The maximum Gasteiger partial charge on any atom is 0.129 e. The predicted octanol–water partition coefficient (Wildman–Crippen LogP) is 5.67. The van der Waals surface area contributed by atoms with Gasteiger partial charge in [-0.2, -0.15) is 0 Å². The number of thiocarbonyl (C=S) groups is 2. The highest BCUT2D eigenvalue weighted by molar-refractivity contribution is 7.82. The van der Waals surface area contributed by atoms with Gasteiger partial charge in [-0.15, -0.1) is 0 Å². The van der Waals surface area contributed by atoms with Crippen molar-refractivity contribution in [2.45, 2.75) is 35.1 Å². The lowest BCUT2D eigenvalue weighted by molar-refractivity contribution is 1.17. The first kappa shape index (κ1) is 21.2. The van der Waals surface area contributed by atoms with Gasteiger partial charge in [0, 0.05) is 35.0 Å². The van der Waals surface area contributed by atoms with E-state index in [-0.39, 0.29) is 7.43 Å². The normalized spacial score (nSPS) is 17.3. The molecule has 4 rings (SSSR count). The Morgan fingerprint density at radius 1 is 0.778 bits per heavy atom. The van der Waals surface area contributed by atoms with Gasteiger partial charge in [0.25, 0.3) is 0 Å². The van der Waals surface area contributed by atoms with Crippen molar-refractivity contribution in [1.82, 2.24) is 0 Å². The summed E-state index contributed by atoms with van der Waals surface area (Å²) in [6, 6.07) is 12.6. The van der Waals surface area contributed by atoms with Gasteiger partial charge < -0.3 is 4.90 Å². The molecule has 0 spiro atoms. The van der Waals surface area contributed by atoms with Crippen molar-refractivity contribution < 1.29 is 0 Å². The summed E-state index contributed by atoms with van der Waals surface area (Å²) in [5.41, 5.74) is 8.55. The third-order valence-corrected chi connectivity index (χ3v) is 5.55. The summed E-state index contributed by atoms with van der Waals surface area (Å²) in [6.07, 6.45) is 0. The number of nitrogens with two attached hydrogens (primary N) is 1. The minimum Gasteiger partial charge on any atom is -0.335 e. The lowest BCUT2D eigenvalue weighted by atomic mass is 9.96. The number of aryl methyl sites for hydroxylation is 2. The van der Waals surface area contributed by atoms with E-state index in [0.717, 1.165) is 44.2 Å². The van der Waals surface area contributed by atoms with E-state index in [1.807, 2.05) is 27.8 Å². The summed E-state index contributed by atoms with van der Waals surface area (Å²) < 4.78 is 0. The highest BCUT2D eigenvalue weighted by Crippen LogP contribution is 2.46. The number of benzene rings is 2. The molecule has 0 bridgehead atoms. The highest BCUT2D eigenvalue weighted by Gasteiger charge is 2.36. The molecule has 0 amide bonds. The van der Waals surface area contributed by atoms with Crippen LogP contribution in [0, 0.1) is 13.8 Å². The molecule has 0 aromatic heterocycles. The van der Waals surface area contributed by atoms with E-state index in [1.165, 1.54) is 5.56 Å².